The van der Waals surface area contributed by atoms with Crippen molar-refractivity contribution in [2.75, 3.05) is 0 Å². The first-order chi connectivity index (χ1) is 13.5. The monoisotopic (exact) mass is 428 g/mol. The van der Waals surface area contributed by atoms with Crippen LogP contribution < -0.4 is 0 Å². The van der Waals surface area contributed by atoms with Crippen LogP contribution in [-0.4, -0.2) is 19.5 Å². The van der Waals surface area contributed by atoms with Crippen LogP contribution in [0.1, 0.15) is 51.7 Å². The fraction of sp³-hybridized carbons (Fsp3) is 0.391. The zero-order chi connectivity index (χ0) is 21.1. The minimum atomic E-state index is -0.176. The summed E-state index contributed by atoms with van der Waals surface area (Å²) < 4.78 is 2.23. The molecule has 1 N–H and O–H groups in total. The Labute approximate surface area is 181 Å². The van der Waals surface area contributed by atoms with E-state index in [-0.39, 0.29) is 10.8 Å². The first-order valence-corrected chi connectivity index (χ1v) is 10.5. The zero-order valence-electron chi connectivity index (χ0n) is 17.7. The van der Waals surface area contributed by atoms with Crippen LogP contribution in [0, 0.1) is 0 Å². The van der Waals surface area contributed by atoms with E-state index in [1.54, 1.807) is 6.20 Å². The molecule has 0 atom stereocenters. The van der Waals surface area contributed by atoms with Crippen LogP contribution in [0.5, 0.6) is 0 Å². The first kappa shape index (κ1) is 20.2. The average molecular weight is 429 g/mol. The molecule has 0 saturated heterocycles. The van der Waals surface area contributed by atoms with Gasteiger partial charge in [-0.2, -0.15) is 0 Å². The molecule has 0 aromatic carbocycles. The van der Waals surface area contributed by atoms with Crippen molar-refractivity contribution in [3.05, 3.63) is 57.9 Å². The lowest BCUT2D eigenvalue weighted by molar-refractivity contribution is 0.503. The van der Waals surface area contributed by atoms with E-state index in [1.165, 1.54) is 5.69 Å². The van der Waals surface area contributed by atoms with Crippen LogP contribution in [0.25, 0.3) is 21.8 Å². The molecule has 0 radical (unpaired) electrons. The summed E-state index contributed by atoms with van der Waals surface area (Å²) in [5.74, 6) is 0. The molecule has 4 aromatic heterocycles. The molecule has 0 amide bonds. The van der Waals surface area contributed by atoms with Gasteiger partial charge in [-0.1, -0.05) is 57.8 Å². The Kier molecular flexibility index (Phi) is 4.71. The van der Waals surface area contributed by atoms with Crippen LogP contribution in [0.2, 0.25) is 10.3 Å². The Bertz CT molecular complexity index is 1230. The van der Waals surface area contributed by atoms with Crippen LogP contribution in [0.15, 0.2) is 30.5 Å². The number of hydrogen-bond acceptors (Lipinski definition) is 2. The highest BCUT2D eigenvalue weighted by Gasteiger charge is 2.26. The van der Waals surface area contributed by atoms with Gasteiger partial charge in [0, 0.05) is 58.3 Å². The number of nitrogens with one attached hydrogen (secondary N) is 1. The molecular formula is C23H26Cl2N4. The Morgan fingerprint density at radius 3 is 2.38 bits per heavy atom. The van der Waals surface area contributed by atoms with E-state index in [2.05, 4.69) is 74.4 Å². The largest absolute Gasteiger partial charge is 0.358 e. The molecule has 0 unspecified atom stereocenters. The predicted molar refractivity (Wildman–Crippen MR) is 122 cm³/mol. The molecule has 0 saturated carbocycles. The van der Waals surface area contributed by atoms with Crippen molar-refractivity contribution in [3.63, 3.8) is 0 Å². The molecule has 4 rings (SSSR count). The molecule has 0 aliphatic carbocycles. The number of aryl methyl sites for hydroxylation is 1. The van der Waals surface area contributed by atoms with E-state index in [1.807, 2.05) is 6.07 Å². The Morgan fingerprint density at radius 2 is 1.72 bits per heavy atom. The predicted octanol–water partition coefficient (Wildman–Crippen LogP) is 6.57. The van der Waals surface area contributed by atoms with E-state index < -0.39 is 0 Å². The SMILES string of the molecule is Cn1c(C(C)(C)C)cc2c(Cl)nc(CC(C)(C)c3cc4c(Cl)nccc4[nH]3)cc21. The summed E-state index contributed by atoms with van der Waals surface area (Å²) in [6, 6.07) is 8.35. The standard InChI is InChI=1S/C23H26Cl2N4/c1-22(2,3)19-11-15-17(29(19)6)9-13(27-21(15)25)12-23(4,5)18-10-14-16(28-18)7-8-26-20(14)24/h7-11,28H,12H2,1-6H3. The summed E-state index contributed by atoms with van der Waals surface area (Å²) in [6.07, 6.45) is 2.46. The molecule has 4 nitrogen and oxygen atoms in total. The summed E-state index contributed by atoms with van der Waals surface area (Å²) in [5.41, 5.74) is 5.28. The minimum absolute atomic E-state index is 0.0359. The molecule has 0 aliphatic rings. The van der Waals surface area contributed by atoms with E-state index >= 15 is 0 Å². The van der Waals surface area contributed by atoms with Crippen LogP contribution in [-0.2, 0) is 24.3 Å². The smallest absolute Gasteiger partial charge is 0.138 e. The first-order valence-electron chi connectivity index (χ1n) is 9.76. The normalized spacial score (nSPS) is 13.0. The van der Waals surface area contributed by atoms with Gasteiger partial charge in [0.2, 0.25) is 0 Å². The lowest BCUT2D eigenvalue weighted by Crippen LogP contribution is -2.21. The van der Waals surface area contributed by atoms with Gasteiger partial charge < -0.3 is 9.55 Å². The van der Waals surface area contributed by atoms with Gasteiger partial charge in [-0.05, 0) is 24.3 Å². The third kappa shape index (κ3) is 3.53. The van der Waals surface area contributed by atoms with Crippen molar-refractivity contribution in [3.8, 4) is 0 Å². The number of halogens is 2. The second-order valence-corrected chi connectivity index (χ2v) is 10.2. The summed E-state index contributed by atoms with van der Waals surface area (Å²) in [6.45, 7) is 11.0. The molecule has 4 heterocycles. The number of hydrogen-bond donors (Lipinski definition) is 1. The average Bonchev–Trinajstić information content (AvgIpc) is 3.18. The Morgan fingerprint density at radius 1 is 1.00 bits per heavy atom. The number of aromatic amines is 1. The van der Waals surface area contributed by atoms with E-state index in [0.717, 1.165) is 39.6 Å². The lowest BCUT2D eigenvalue weighted by atomic mass is 9.84. The third-order valence-corrected chi connectivity index (χ3v) is 6.26. The van der Waals surface area contributed by atoms with Gasteiger partial charge in [0.15, 0.2) is 0 Å². The second kappa shape index (κ2) is 6.75. The number of fused-ring (bicyclic) bond motifs is 2. The van der Waals surface area contributed by atoms with Crippen molar-refractivity contribution < 1.29 is 0 Å². The summed E-state index contributed by atoms with van der Waals surface area (Å²) in [4.78, 5) is 12.4. The van der Waals surface area contributed by atoms with Gasteiger partial charge in [-0.3, -0.25) is 0 Å². The van der Waals surface area contributed by atoms with Crippen molar-refractivity contribution >= 4 is 45.0 Å². The van der Waals surface area contributed by atoms with E-state index in [0.29, 0.717) is 10.3 Å². The maximum atomic E-state index is 6.60. The Balaban J connectivity index is 1.76. The van der Waals surface area contributed by atoms with Crippen molar-refractivity contribution in [2.45, 2.75) is 51.9 Å². The van der Waals surface area contributed by atoms with E-state index in [4.69, 9.17) is 28.2 Å². The van der Waals surface area contributed by atoms with Gasteiger partial charge in [0.1, 0.15) is 10.3 Å². The summed E-state index contributed by atoms with van der Waals surface area (Å²) in [5, 5.41) is 3.02. The highest BCUT2D eigenvalue weighted by Crippen LogP contribution is 2.35. The number of nitrogens with zero attached hydrogens (tertiary/aromatic N) is 3. The number of pyridine rings is 2. The maximum absolute atomic E-state index is 6.60. The fourth-order valence-electron chi connectivity index (χ4n) is 4.08. The minimum Gasteiger partial charge on any atom is -0.358 e. The van der Waals surface area contributed by atoms with Gasteiger partial charge >= 0.3 is 0 Å². The van der Waals surface area contributed by atoms with Crippen molar-refractivity contribution in [1.82, 2.24) is 19.5 Å². The van der Waals surface area contributed by atoms with Crippen LogP contribution in [0.3, 0.4) is 0 Å². The molecule has 6 heteroatoms. The number of rotatable bonds is 3. The zero-order valence-corrected chi connectivity index (χ0v) is 19.2. The van der Waals surface area contributed by atoms with Crippen LogP contribution in [0.4, 0.5) is 0 Å². The molecule has 152 valence electrons. The molecule has 0 bridgehead atoms. The molecule has 0 aliphatic heterocycles. The second-order valence-electron chi connectivity index (χ2n) is 9.48. The highest BCUT2D eigenvalue weighted by atomic mass is 35.5. The molecule has 4 aromatic rings. The molecule has 0 spiro atoms. The molecule has 0 fully saturated rings. The van der Waals surface area contributed by atoms with Gasteiger partial charge in [0.25, 0.3) is 0 Å². The topological polar surface area (TPSA) is 46.5 Å². The third-order valence-electron chi connectivity index (χ3n) is 5.67. The van der Waals surface area contributed by atoms with Gasteiger partial charge in [-0.25, -0.2) is 9.97 Å². The summed E-state index contributed by atoms with van der Waals surface area (Å²) in [7, 11) is 2.10. The van der Waals surface area contributed by atoms with Crippen molar-refractivity contribution in [1.29, 1.82) is 0 Å². The van der Waals surface area contributed by atoms with Crippen LogP contribution >= 0.6 is 23.2 Å². The van der Waals surface area contributed by atoms with E-state index in [9.17, 15) is 0 Å². The molecule has 29 heavy (non-hydrogen) atoms. The number of H-pyrrole nitrogens is 1. The summed E-state index contributed by atoms with van der Waals surface area (Å²) >= 11 is 12.9. The van der Waals surface area contributed by atoms with Crippen molar-refractivity contribution in [2.24, 2.45) is 7.05 Å². The lowest BCUT2D eigenvalue weighted by Gasteiger charge is -2.23. The quantitative estimate of drug-likeness (QED) is 0.374. The molecular weight excluding hydrogens is 403 g/mol. The number of aromatic nitrogens is 4. The highest BCUT2D eigenvalue weighted by molar-refractivity contribution is 6.34. The van der Waals surface area contributed by atoms with Gasteiger partial charge in [0.05, 0.1) is 11.0 Å². The van der Waals surface area contributed by atoms with Gasteiger partial charge in [-0.15, -0.1) is 0 Å². The maximum Gasteiger partial charge on any atom is 0.138 e. The Hall–Kier alpha value is -2.04. The fourth-order valence-corrected chi connectivity index (χ4v) is 4.55.